The summed E-state index contributed by atoms with van der Waals surface area (Å²) < 4.78 is 35.7. The van der Waals surface area contributed by atoms with Gasteiger partial charge in [0.25, 0.3) is 0 Å². The molecule has 0 radical (unpaired) electrons. The Hall–Kier alpha value is -3.98. The van der Waals surface area contributed by atoms with Crippen LogP contribution in [0, 0.1) is 11.3 Å². The Morgan fingerprint density at radius 1 is 1.11 bits per heavy atom. The molecule has 0 fully saturated rings. The first-order valence-electron chi connectivity index (χ1n) is 10.5. The van der Waals surface area contributed by atoms with Crippen LogP contribution in [0.2, 0.25) is 0 Å². The lowest BCUT2D eigenvalue weighted by Crippen LogP contribution is -2.30. The molecule has 0 saturated carbocycles. The number of benzene rings is 3. The van der Waals surface area contributed by atoms with Crippen molar-refractivity contribution >= 4 is 42.6 Å². The van der Waals surface area contributed by atoms with Crippen molar-refractivity contribution in [2.24, 2.45) is 0 Å². The van der Waals surface area contributed by atoms with Gasteiger partial charge in [-0.3, -0.25) is 0 Å². The molecule has 0 bridgehead atoms. The van der Waals surface area contributed by atoms with Crippen LogP contribution in [-0.4, -0.2) is 30.5 Å². The van der Waals surface area contributed by atoms with Crippen LogP contribution in [-0.2, 0) is 16.4 Å². The summed E-state index contributed by atoms with van der Waals surface area (Å²) in [4.78, 5) is 21.5. The summed E-state index contributed by atoms with van der Waals surface area (Å²) in [6.07, 6.45) is 0.287. The van der Waals surface area contributed by atoms with E-state index in [9.17, 15) is 18.5 Å². The number of aromatic amines is 2. The number of nitrogens with zero attached hydrogens (tertiary/aromatic N) is 2. The van der Waals surface area contributed by atoms with Crippen LogP contribution < -0.4 is 15.1 Å². The number of hydrogen-bond acceptors (Lipinski definition) is 7. The van der Waals surface area contributed by atoms with Crippen LogP contribution in [0.5, 0.6) is 5.75 Å². The predicted molar refractivity (Wildman–Crippen MR) is 133 cm³/mol. The highest BCUT2D eigenvalue weighted by Gasteiger charge is 2.25. The fourth-order valence-corrected chi connectivity index (χ4v) is 6.16. The Kier molecular flexibility index (Phi) is 5.86. The van der Waals surface area contributed by atoms with Gasteiger partial charge in [-0.05, 0) is 60.5 Å². The normalized spacial score (nSPS) is 12.6. The number of rotatable bonds is 7. The smallest absolute Gasteiger partial charge is 0.323 e. The molecule has 0 aliphatic rings. The summed E-state index contributed by atoms with van der Waals surface area (Å²) >= 11 is 1.37. The van der Waals surface area contributed by atoms with Crippen molar-refractivity contribution < 1.29 is 13.2 Å². The number of sulfonamides is 1. The fraction of sp³-hybridized carbons (Fsp3) is 0.125. The topological polar surface area (TPSA) is 141 Å². The quantitative estimate of drug-likeness (QED) is 0.309. The Labute approximate surface area is 204 Å². The zero-order valence-electron chi connectivity index (χ0n) is 18.4. The Balaban J connectivity index is 1.55. The Morgan fingerprint density at radius 3 is 2.74 bits per heavy atom. The van der Waals surface area contributed by atoms with E-state index in [-0.39, 0.29) is 11.3 Å². The minimum atomic E-state index is -3.98. The molecular weight excluding hydrogens is 486 g/mol. The first-order chi connectivity index (χ1) is 16.8. The van der Waals surface area contributed by atoms with E-state index in [1.807, 2.05) is 18.2 Å². The second-order valence-electron chi connectivity index (χ2n) is 7.86. The first kappa shape index (κ1) is 22.8. The maximum Gasteiger partial charge on any atom is 0.323 e. The van der Waals surface area contributed by atoms with Crippen molar-refractivity contribution in [1.82, 2.24) is 19.7 Å². The van der Waals surface area contributed by atoms with Gasteiger partial charge in [-0.25, -0.2) is 22.9 Å². The molecule has 5 rings (SSSR count). The molecule has 0 aliphatic carbocycles. The lowest BCUT2D eigenvalue weighted by Gasteiger charge is -2.17. The lowest BCUT2D eigenvalue weighted by molar-refractivity contribution is 0.415. The van der Waals surface area contributed by atoms with Crippen molar-refractivity contribution in [2.45, 2.75) is 17.4 Å². The van der Waals surface area contributed by atoms with E-state index < -0.39 is 21.8 Å². The molecule has 35 heavy (non-hydrogen) atoms. The van der Waals surface area contributed by atoms with Crippen LogP contribution >= 0.6 is 11.3 Å². The highest BCUT2D eigenvalue weighted by molar-refractivity contribution is 7.89. The molecular formula is C24H19N5O4S2. The van der Waals surface area contributed by atoms with E-state index in [1.165, 1.54) is 29.5 Å². The number of fused-ring (bicyclic) bond motifs is 2. The van der Waals surface area contributed by atoms with Gasteiger partial charge in [-0.15, -0.1) is 11.3 Å². The summed E-state index contributed by atoms with van der Waals surface area (Å²) in [7, 11) is -2.40. The minimum absolute atomic E-state index is 0.0128. The highest BCUT2D eigenvalue weighted by atomic mass is 32.2. The minimum Gasteiger partial charge on any atom is -0.497 e. The largest absolute Gasteiger partial charge is 0.497 e. The average molecular weight is 506 g/mol. The number of aromatic nitrogens is 3. The molecule has 3 aromatic carbocycles. The number of nitriles is 1. The molecule has 2 aromatic heterocycles. The summed E-state index contributed by atoms with van der Waals surface area (Å²) in [5, 5.41) is 9.85. The number of methoxy groups -OCH3 is 1. The number of ether oxygens (including phenoxy) is 1. The molecule has 2 heterocycles. The number of nitrogens with one attached hydrogen (secondary N) is 3. The van der Waals surface area contributed by atoms with Gasteiger partial charge in [0.15, 0.2) is 0 Å². The van der Waals surface area contributed by atoms with Crippen LogP contribution in [0.3, 0.4) is 0 Å². The Bertz CT molecular complexity index is 1760. The third-order valence-electron chi connectivity index (χ3n) is 5.50. The number of imidazole rings is 1. The number of thiazole rings is 1. The highest BCUT2D eigenvalue weighted by Crippen LogP contribution is 2.32. The van der Waals surface area contributed by atoms with Gasteiger partial charge >= 0.3 is 5.69 Å². The maximum absolute atomic E-state index is 13.4. The summed E-state index contributed by atoms with van der Waals surface area (Å²) in [6, 6.07) is 18.3. The van der Waals surface area contributed by atoms with E-state index in [1.54, 1.807) is 31.4 Å². The van der Waals surface area contributed by atoms with Crippen molar-refractivity contribution in [2.75, 3.05) is 7.11 Å². The summed E-state index contributed by atoms with van der Waals surface area (Å²) in [6.45, 7) is 0. The van der Waals surface area contributed by atoms with Gasteiger partial charge < -0.3 is 14.7 Å². The van der Waals surface area contributed by atoms with Crippen LogP contribution in [0.1, 0.15) is 22.2 Å². The van der Waals surface area contributed by atoms with Gasteiger partial charge in [0.05, 0.1) is 50.9 Å². The predicted octanol–water partition coefficient (Wildman–Crippen LogP) is 3.61. The number of H-pyrrole nitrogens is 2. The van der Waals surface area contributed by atoms with Crippen molar-refractivity contribution in [3.8, 4) is 11.8 Å². The van der Waals surface area contributed by atoms with Crippen molar-refractivity contribution in [1.29, 1.82) is 5.26 Å². The summed E-state index contributed by atoms with van der Waals surface area (Å²) in [5.41, 5.74) is 2.50. The zero-order chi connectivity index (χ0) is 24.6. The van der Waals surface area contributed by atoms with Crippen LogP contribution in [0.15, 0.2) is 70.4 Å². The molecule has 0 spiro atoms. The molecule has 176 valence electrons. The van der Waals surface area contributed by atoms with Crippen LogP contribution in [0.25, 0.3) is 21.3 Å². The van der Waals surface area contributed by atoms with E-state index in [4.69, 9.17) is 4.74 Å². The zero-order valence-corrected chi connectivity index (χ0v) is 20.0. The molecule has 5 aromatic rings. The van der Waals surface area contributed by atoms with E-state index in [0.29, 0.717) is 27.4 Å². The third kappa shape index (κ3) is 4.67. The molecule has 3 N–H and O–H groups in total. The monoisotopic (exact) mass is 505 g/mol. The van der Waals surface area contributed by atoms with Gasteiger partial charge in [-0.1, -0.05) is 12.1 Å². The average Bonchev–Trinajstić information content (AvgIpc) is 3.45. The SMILES string of the molecule is COc1ccc2nc(C(Cc3cccc(C#N)c3)NS(=O)(=O)c3ccc4[nH]c(=O)[nH]c4c3)sc2c1. The molecule has 0 saturated heterocycles. The van der Waals surface area contributed by atoms with Gasteiger partial charge in [0.1, 0.15) is 10.8 Å². The summed E-state index contributed by atoms with van der Waals surface area (Å²) in [5.74, 6) is 0.681. The lowest BCUT2D eigenvalue weighted by atomic mass is 10.0. The van der Waals surface area contributed by atoms with E-state index in [0.717, 1.165) is 15.8 Å². The molecule has 1 atom stereocenters. The van der Waals surface area contributed by atoms with Crippen molar-refractivity contribution in [3.63, 3.8) is 0 Å². The van der Waals surface area contributed by atoms with E-state index >= 15 is 0 Å². The van der Waals surface area contributed by atoms with Gasteiger partial charge in [0, 0.05) is 0 Å². The van der Waals surface area contributed by atoms with E-state index in [2.05, 4.69) is 25.7 Å². The number of hydrogen-bond donors (Lipinski definition) is 3. The van der Waals surface area contributed by atoms with Gasteiger partial charge in [0.2, 0.25) is 10.0 Å². The van der Waals surface area contributed by atoms with Crippen LogP contribution in [0.4, 0.5) is 0 Å². The second kappa shape index (κ2) is 8.99. The molecule has 9 nitrogen and oxygen atoms in total. The van der Waals surface area contributed by atoms with Gasteiger partial charge in [-0.2, -0.15) is 5.26 Å². The second-order valence-corrected chi connectivity index (χ2v) is 10.6. The van der Waals surface area contributed by atoms with Crippen molar-refractivity contribution in [3.05, 3.63) is 87.3 Å². The molecule has 1 unspecified atom stereocenters. The molecule has 11 heteroatoms. The Morgan fingerprint density at radius 2 is 1.94 bits per heavy atom. The molecule has 0 amide bonds. The first-order valence-corrected chi connectivity index (χ1v) is 12.8. The fourth-order valence-electron chi connectivity index (χ4n) is 3.82. The maximum atomic E-state index is 13.4. The molecule has 0 aliphatic heterocycles. The standard InChI is InChI=1S/C24H19N5O4S2/c1-33-16-5-7-19-22(11-16)34-23(26-19)21(10-14-3-2-4-15(9-14)13-25)29-35(31,32)17-6-8-18-20(12-17)28-24(30)27-18/h2-9,11-12,21,29H,10H2,1H3,(H2,27,28,30). The third-order valence-corrected chi connectivity index (χ3v) is 8.10.